The highest BCUT2D eigenvalue weighted by Crippen LogP contribution is 2.34. The van der Waals surface area contributed by atoms with Crippen molar-refractivity contribution in [3.05, 3.63) is 0 Å². The number of hydrogen-bond donors (Lipinski definition) is 1. The van der Waals surface area contributed by atoms with E-state index in [-0.39, 0.29) is 5.54 Å². The van der Waals surface area contributed by atoms with Crippen LogP contribution in [0.5, 0.6) is 0 Å². The number of carbonyl (C=O) groups excluding carboxylic acids is 1. The lowest BCUT2D eigenvalue weighted by molar-refractivity contribution is -0.134. The molecule has 1 aliphatic heterocycles. The average molecular weight is 224 g/mol. The van der Waals surface area contributed by atoms with Gasteiger partial charge in [0.05, 0.1) is 0 Å². The summed E-state index contributed by atoms with van der Waals surface area (Å²) in [6.07, 6.45) is 6.14. The lowest BCUT2D eigenvalue weighted by Crippen LogP contribution is -2.51. The Kier molecular flexibility index (Phi) is 3.24. The second-order valence-corrected chi connectivity index (χ2v) is 5.93. The van der Waals surface area contributed by atoms with E-state index < -0.39 is 0 Å². The van der Waals surface area contributed by atoms with Gasteiger partial charge in [-0.3, -0.25) is 4.79 Å². The van der Waals surface area contributed by atoms with Crippen LogP contribution in [0.4, 0.5) is 0 Å². The zero-order valence-corrected chi connectivity index (χ0v) is 10.5. The van der Waals surface area contributed by atoms with Gasteiger partial charge in [0.15, 0.2) is 0 Å². The Bertz CT molecular complexity index is 271. The molecule has 16 heavy (non-hydrogen) atoms. The topological polar surface area (TPSA) is 46.3 Å². The van der Waals surface area contributed by atoms with Crippen molar-refractivity contribution in [2.75, 3.05) is 6.54 Å². The Morgan fingerprint density at radius 1 is 1.44 bits per heavy atom. The quantitative estimate of drug-likeness (QED) is 0.796. The molecule has 0 aromatic carbocycles. The molecule has 0 aromatic heterocycles. The van der Waals surface area contributed by atoms with E-state index in [4.69, 9.17) is 5.73 Å². The Hall–Kier alpha value is -0.570. The summed E-state index contributed by atoms with van der Waals surface area (Å²) in [5.74, 6) is 0.861. The Labute approximate surface area is 98.4 Å². The van der Waals surface area contributed by atoms with E-state index >= 15 is 0 Å². The maximum atomic E-state index is 12.2. The Balaban J connectivity index is 1.93. The second kappa shape index (κ2) is 4.36. The van der Waals surface area contributed by atoms with Crippen molar-refractivity contribution < 1.29 is 4.79 Å². The van der Waals surface area contributed by atoms with Crippen LogP contribution in [0.3, 0.4) is 0 Å². The van der Waals surface area contributed by atoms with Crippen LogP contribution in [-0.4, -0.2) is 28.9 Å². The van der Waals surface area contributed by atoms with Gasteiger partial charge in [0, 0.05) is 24.5 Å². The first-order chi connectivity index (χ1) is 7.52. The summed E-state index contributed by atoms with van der Waals surface area (Å²) in [5, 5.41) is 0. The van der Waals surface area contributed by atoms with Crippen molar-refractivity contribution in [3.63, 3.8) is 0 Å². The molecule has 3 nitrogen and oxygen atoms in total. The van der Waals surface area contributed by atoms with Crippen LogP contribution < -0.4 is 5.73 Å². The van der Waals surface area contributed by atoms with Gasteiger partial charge in [0.2, 0.25) is 5.91 Å². The van der Waals surface area contributed by atoms with Crippen molar-refractivity contribution in [1.29, 1.82) is 0 Å². The largest absolute Gasteiger partial charge is 0.339 e. The summed E-state index contributed by atoms with van der Waals surface area (Å²) in [4.78, 5) is 14.3. The summed E-state index contributed by atoms with van der Waals surface area (Å²) >= 11 is 0. The van der Waals surface area contributed by atoms with Gasteiger partial charge in [0.25, 0.3) is 0 Å². The highest BCUT2D eigenvalue weighted by Gasteiger charge is 2.38. The van der Waals surface area contributed by atoms with Crippen LogP contribution in [0.1, 0.15) is 52.4 Å². The van der Waals surface area contributed by atoms with Gasteiger partial charge in [0.1, 0.15) is 0 Å². The average Bonchev–Trinajstić information content (AvgIpc) is 2.63. The maximum Gasteiger partial charge on any atom is 0.224 e. The minimum Gasteiger partial charge on any atom is -0.339 e. The number of nitrogens with zero attached hydrogens (tertiary/aromatic N) is 1. The summed E-state index contributed by atoms with van der Waals surface area (Å²) in [6.45, 7) is 5.35. The number of amides is 1. The number of carbonyl (C=O) groups is 1. The minimum absolute atomic E-state index is 0.165. The van der Waals surface area contributed by atoms with Crippen molar-refractivity contribution in [2.45, 2.75) is 64.0 Å². The number of hydrogen-bond acceptors (Lipinski definition) is 2. The van der Waals surface area contributed by atoms with Crippen molar-refractivity contribution in [1.82, 2.24) is 4.90 Å². The lowest BCUT2D eigenvalue weighted by atomic mass is 9.75. The fourth-order valence-electron chi connectivity index (χ4n) is 3.01. The van der Waals surface area contributed by atoms with Gasteiger partial charge in [-0.15, -0.1) is 0 Å². The zero-order valence-electron chi connectivity index (χ0n) is 10.5. The molecule has 2 rings (SSSR count). The second-order valence-electron chi connectivity index (χ2n) is 5.93. The third-order valence-corrected chi connectivity index (χ3v) is 4.24. The highest BCUT2D eigenvalue weighted by molar-refractivity contribution is 5.78. The third-order valence-electron chi connectivity index (χ3n) is 4.24. The molecule has 0 spiro atoms. The van der Waals surface area contributed by atoms with Gasteiger partial charge in [-0.1, -0.05) is 13.8 Å². The number of nitrogens with two attached hydrogens (primary N) is 1. The molecule has 3 heteroatoms. The summed E-state index contributed by atoms with van der Waals surface area (Å²) < 4.78 is 0. The van der Waals surface area contributed by atoms with Crippen LogP contribution in [0.25, 0.3) is 0 Å². The fourth-order valence-corrected chi connectivity index (χ4v) is 3.01. The van der Waals surface area contributed by atoms with Gasteiger partial charge in [-0.05, 0) is 38.0 Å². The molecule has 2 fully saturated rings. The van der Waals surface area contributed by atoms with Crippen molar-refractivity contribution in [2.24, 2.45) is 11.7 Å². The molecule has 0 radical (unpaired) electrons. The zero-order chi connectivity index (χ0) is 11.8. The molecule has 1 saturated heterocycles. The normalized spacial score (nSPS) is 28.2. The minimum atomic E-state index is -0.165. The van der Waals surface area contributed by atoms with Crippen molar-refractivity contribution >= 4 is 5.91 Å². The molecule has 2 aliphatic rings. The molecule has 92 valence electrons. The molecule has 1 heterocycles. The fraction of sp³-hybridized carbons (Fsp3) is 0.923. The Morgan fingerprint density at radius 3 is 2.62 bits per heavy atom. The first-order valence-corrected chi connectivity index (χ1v) is 6.60. The standard InChI is InChI=1S/C13H24N2O/c1-10(2)11-5-3-8-15(11)12(16)9-13(14)6-4-7-13/h10-11H,3-9,14H2,1-2H3. The molecule has 1 aliphatic carbocycles. The molecular weight excluding hydrogens is 200 g/mol. The predicted molar refractivity (Wildman–Crippen MR) is 65.0 cm³/mol. The van der Waals surface area contributed by atoms with E-state index in [0.717, 1.165) is 25.8 Å². The smallest absolute Gasteiger partial charge is 0.224 e. The monoisotopic (exact) mass is 224 g/mol. The van der Waals surface area contributed by atoms with Crippen LogP contribution in [0, 0.1) is 5.92 Å². The first-order valence-electron chi connectivity index (χ1n) is 6.60. The van der Waals surface area contributed by atoms with E-state index in [9.17, 15) is 4.79 Å². The predicted octanol–water partition coefficient (Wildman–Crippen LogP) is 1.90. The highest BCUT2D eigenvalue weighted by atomic mass is 16.2. The number of likely N-dealkylation sites (tertiary alicyclic amines) is 1. The van der Waals surface area contributed by atoms with Gasteiger partial charge >= 0.3 is 0 Å². The summed E-state index contributed by atoms with van der Waals surface area (Å²) in [7, 11) is 0. The van der Waals surface area contributed by atoms with Crippen LogP contribution >= 0.6 is 0 Å². The summed E-state index contributed by atoms with van der Waals surface area (Å²) in [6, 6.07) is 0.455. The molecule has 2 N–H and O–H groups in total. The van der Waals surface area contributed by atoms with Crippen LogP contribution in [-0.2, 0) is 4.79 Å². The third kappa shape index (κ3) is 2.24. The van der Waals surface area contributed by atoms with Crippen LogP contribution in [0.2, 0.25) is 0 Å². The van der Waals surface area contributed by atoms with E-state index in [1.165, 1.54) is 12.8 Å². The molecule has 0 aromatic rings. The van der Waals surface area contributed by atoms with Crippen molar-refractivity contribution in [3.8, 4) is 0 Å². The van der Waals surface area contributed by atoms with Gasteiger partial charge in [-0.2, -0.15) is 0 Å². The molecule has 1 amide bonds. The van der Waals surface area contributed by atoms with E-state index in [1.54, 1.807) is 0 Å². The van der Waals surface area contributed by atoms with Gasteiger partial charge in [-0.25, -0.2) is 0 Å². The van der Waals surface area contributed by atoms with E-state index in [1.807, 2.05) is 0 Å². The molecular formula is C13H24N2O. The maximum absolute atomic E-state index is 12.2. The molecule has 1 atom stereocenters. The molecule has 1 unspecified atom stereocenters. The Morgan fingerprint density at radius 2 is 2.12 bits per heavy atom. The lowest BCUT2D eigenvalue weighted by Gasteiger charge is -2.39. The SMILES string of the molecule is CC(C)C1CCCN1C(=O)CC1(N)CCC1. The van der Waals surface area contributed by atoms with Crippen LogP contribution in [0.15, 0.2) is 0 Å². The van der Waals surface area contributed by atoms with E-state index in [0.29, 0.717) is 24.3 Å². The summed E-state index contributed by atoms with van der Waals surface area (Å²) in [5.41, 5.74) is 5.98. The molecule has 1 saturated carbocycles. The van der Waals surface area contributed by atoms with E-state index in [2.05, 4.69) is 18.7 Å². The molecule has 0 bridgehead atoms. The first kappa shape index (κ1) is 11.9. The number of rotatable bonds is 3. The van der Waals surface area contributed by atoms with Gasteiger partial charge < -0.3 is 10.6 Å².